The summed E-state index contributed by atoms with van der Waals surface area (Å²) in [6.07, 6.45) is 0. The van der Waals surface area contributed by atoms with Crippen molar-refractivity contribution < 1.29 is 10.3 Å². The van der Waals surface area contributed by atoms with Crippen molar-refractivity contribution in [2.45, 2.75) is 26.3 Å². The van der Waals surface area contributed by atoms with E-state index in [1.165, 1.54) is 0 Å². The van der Waals surface area contributed by atoms with Crippen LogP contribution in [0.15, 0.2) is 16.6 Å². The third-order valence-electron chi connectivity index (χ3n) is 2.10. The van der Waals surface area contributed by atoms with E-state index in [9.17, 15) is 5.11 Å². The molecule has 0 aromatic heterocycles. The number of hydroxylamine groups is 1. The van der Waals surface area contributed by atoms with E-state index < -0.39 is 0 Å². The van der Waals surface area contributed by atoms with E-state index in [4.69, 9.17) is 5.21 Å². The van der Waals surface area contributed by atoms with Gasteiger partial charge in [-0.05, 0) is 33.5 Å². The van der Waals surface area contributed by atoms with Gasteiger partial charge in [0.15, 0.2) is 0 Å². The monoisotopic (exact) mass is 259 g/mol. The lowest BCUT2D eigenvalue weighted by atomic mass is 10.0. The van der Waals surface area contributed by atoms with Gasteiger partial charge >= 0.3 is 0 Å². The highest BCUT2D eigenvalue weighted by Gasteiger charge is 2.09. The quantitative estimate of drug-likeness (QED) is 0.732. The van der Waals surface area contributed by atoms with E-state index in [0.29, 0.717) is 16.0 Å². The number of hydrogen-bond acceptors (Lipinski definition) is 3. The number of aromatic hydroxyl groups is 1. The molecular weight excluding hydrogens is 246 g/mol. The molecule has 1 rings (SSSR count). The average molecular weight is 260 g/mol. The first-order valence-corrected chi connectivity index (χ1v) is 5.23. The van der Waals surface area contributed by atoms with Gasteiger partial charge in [0.2, 0.25) is 0 Å². The van der Waals surface area contributed by atoms with Crippen LogP contribution in [0.5, 0.6) is 5.75 Å². The van der Waals surface area contributed by atoms with Crippen LogP contribution in [0.3, 0.4) is 0 Å². The van der Waals surface area contributed by atoms with Crippen molar-refractivity contribution in [1.82, 2.24) is 5.48 Å². The van der Waals surface area contributed by atoms with Gasteiger partial charge in [0.05, 0.1) is 4.47 Å². The van der Waals surface area contributed by atoms with Crippen molar-refractivity contribution in [3.05, 3.63) is 27.7 Å². The molecule has 0 amide bonds. The number of phenolic OH excluding ortho intramolecular Hbond substituents is 1. The second-order valence-electron chi connectivity index (χ2n) is 3.50. The van der Waals surface area contributed by atoms with Crippen molar-refractivity contribution >= 4 is 15.9 Å². The lowest BCUT2D eigenvalue weighted by Gasteiger charge is -2.11. The summed E-state index contributed by atoms with van der Waals surface area (Å²) in [5.41, 5.74) is 3.85. The van der Waals surface area contributed by atoms with Gasteiger partial charge in [-0.15, -0.1) is 0 Å². The number of rotatable bonds is 3. The predicted octanol–water partition coefficient (Wildman–Crippen LogP) is 2.76. The van der Waals surface area contributed by atoms with E-state index in [0.717, 1.165) is 5.56 Å². The van der Waals surface area contributed by atoms with E-state index in [1.54, 1.807) is 0 Å². The molecule has 3 N–H and O–H groups in total. The minimum Gasteiger partial charge on any atom is -0.506 e. The molecule has 1 aromatic rings. The molecule has 0 saturated heterocycles. The maximum atomic E-state index is 9.64. The summed E-state index contributed by atoms with van der Waals surface area (Å²) in [5, 5.41) is 18.2. The van der Waals surface area contributed by atoms with Gasteiger partial charge in [0, 0.05) is 12.1 Å². The Morgan fingerprint density at radius 1 is 1.43 bits per heavy atom. The summed E-state index contributed by atoms with van der Waals surface area (Å²) in [5.74, 6) is 0.570. The number of halogens is 1. The van der Waals surface area contributed by atoms with Gasteiger partial charge in [0.25, 0.3) is 0 Å². The normalized spacial score (nSPS) is 10.9. The molecule has 0 atom stereocenters. The van der Waals surface area contributed by atoms with E-state index in [2.05, 4.69) is 29.8 Å². The lowest BCUT2D eigenvalue weighted by molar-refractivity contribution is 0.160. The molecule has 0 fully saturated rings. The van der Waals surface area contributed by atoms with Gasteiger partial charge in [-0.25, -0.2) is 5.48 Å². The number of phenols is 1. The number of benzene rings is 1. The Hall–Kier alpha value is -0.580. The molecule has 0 unspecified atom stereocenters. The van der Waals surface area contributed by atoms with Crippen LogP contribution in [0.2, 0.25) is 0 Å². The largest absolute Gasteiger partial charge is 0.506 e. The molecule has 0 bridgehead atoms. The van der Waals surface area contributed by atoms with Crippen molar-refractivity contribution in [2.24, 2.45) is 0 Å². The zero-order valence-corrected chi connectivity index (χ0v) is 9.80. The van der Waals surface area contributed by atoms with Crippen molar-refractivity contribution in [2.75, 3.05) is 0 Å². The zero-order valence-electron chi connectivity index (χ0n) is 8.21. The van der Waals surface area contributed by atoms with E-state index in [-0.39, 0.29) is 12.3 Å². The molecule has 4 heteroatoms. The maximum absolute atomic E-state index is 9.64. The third kappa shape index (κ3) is 2.47. The predicted molar refractivity (Wildman–Crippen MR) is 58.5 cm³/mol. The SMILES string of the molecule is CC(C)c1cc(Br)c(O)c(CNO)c1. The first-order valence-electron chi connectivity index (χ1n) is 4.44. The fourth-order valence-electron chi connectivity index (χ4n) is 1.23. The second-order valence-corrected chi connectivity index (χ2v) is 4.35. The van der Waals surface area contributed by atoms with Crippen molar-refractivity contribution in [3.8, 4) is 5.75 Å². The standard InChI is InChI=1S/C10H14BrNO2/c1-6(2)7-3-8(5-12-14)10(13)9(11)4-7/h3-4,6,12-14H,5H2,1-2H3. The topological polar surface area (TPSA) is 52.5 Å². The molecule has 0 aliphatic heterocycles. The Morgan fingerprint density at radius 2 is 2.07 bits per heavy atom. The van der Waals surface area contributed by atoms with Gasteiger partial charge in [0.1, 0.15) is 5.75 Å². The van der Waals surface area contributed by atoms with E-state index in [1.807, 2.05) is 17.6 Å². The first-order chi connectivity index (χ1) is 6.56. The molecule has 14 heavy (non-hydrogen) atoms. The van der Waals surface area contributed by atoms with Gasteiger partial charge in [-0.2, -0.15) is 0 Å². The summed E-state index contributed by atoms with van der Waals surface area (Å²) < 4.78 is 0.661. The molecule has 78 valence electrons. The van der Waals surface area contributed by atoms with Crippen LogP contribution in [-0.4, -0.2) is 10.3 Å². The highest BCUT2D eigenvalue weighted by atomic mass is 79.9. The number of hydrogen-bond donors (Lipinski definition) is 3. The fraction of sp³-hybridized carbons (Fsp3) is 0.400. The first kappa shape index (κ1) is 11.5. The summed E-state index contributed by atoms with van der Waals surface area (Å²) in [6, 6.07) is 3.77. The third-order valence-corrected chi connectivity index (χ3v) is 2.71. The van der Waals surface area contributed by atoms with Crippen LogP contribution in [0, 0.1) is 0 Å². The molecule has 0 radical (unpaired) electrons. The second kappa shape index (κ2) is 4.77. The van der Waals surface area contributed by atoms with Crippen LogP contribution in [0.4, 0.5) is 0 Å². The van der Waals surface area contributed by atoms with Crippen molar-refractivity contribution in [3.63, 3.8) is 0 Å². The van der Waals surface area contributed by atoms with Crippen LogP contribution in [0.25, 0.3) is 0 Å². The fourth-order valence-corrected chi connectivity index (χ4v) is 1.75. The molecule has 0 aliphatic carbocycles. The molecule has 0 heterocycles. The molecule has 3 nitrogen and oxygen atoms in total. The highest BCUT2D eigenvalue weighted by molar-refractivity contribution is 9.10. The Morgan fingerprint density at radius 3 is 2.57 bits per heavy atom. The lowest BCUT2D eigenvalue weighted by Crippen LogP contribution is -2.07. The van der Waals surface area contributed by atoms with Crippen LogP contribution < -0.4 is 5.48 Å². The van der Waals surface area contributed by atoms with Crippen molar-refractivity contribution in [1.29, 1.82) is 0 Å². The summed E-state index contributed by atoms with van der Waals surface area (Å²) >= 11 is 3.28. The van der Waals surface area contributed by atoms with Gasteiger partial charge in [-0.1, -0.05) is 19.9 Å². The Balaban J connectivity index is 3.14. The Bertz CT molecular complexity index is 326. The van der Waals surface area contributed by atoms with E-state index >= 15 is 0 Å². The smallest absolute Gasteiger partial charge is 0.134 e. The Kier molecular flexibility index (Phi) is 3.92. The molecule has 1 aromatic carbocycles. The minimum atomic E-state index is 0.177. The summed E-state index contributed by atoms with van der Waals surface area (Å²) in [4.78, 5) is 0. The Labute approximate surface area is 91.9 Å². The van der Waals surface area contributed by atoms with Gasteiger partial charge < -0.3 is 10.3 Å². The maximum Gasteiger partial charge on any atom is 0.134 e. The van der Waals surface area contributed by atoms with Crippen LogP contribution >= 0.6 is 15.9 Å². The number of nitrogens with one attached hydrogen (secondary N) is 1. The highest BCUT2D eigenvalue weighted by Crippen LogP contribution is 2.31. The minimum absolute atomic E-state index is 0.177. The molecule has 0 aliphatic rings. The summed E-state index contributed by atoms with van der Waals surface area (Å²) in [7, 11) is 0. The molecule has 0 saturated carbocycles. The van der Waals surface area contributed by atoms with Crippen LogP contribution in [0.1, 0.15) is 30.9 Å². The molecular formula is C10H14BrNO2. The van der Waals surface area contributed by atoms with Crippen LogP contribution in [-0.2, 0) is 6.54 Å². The van der Waals surface area contributed by atoms with Gasteiger partial charge in [-0.3, -0.25) is 0 Å². The summed E-state index contributed by atoms with van der Waals surface area (Å²) in [6.45, 7) is 4.40. The molecule has 0 spiro atoms. The average Bonchev–Trinajstić information content (AvgIpc) is 2.12. The zero-order chi connectivity index (χ0) is 10.7.